The molecule has 0 heterocycles. The molecule has 1 amide bonds. The summed E-state index contributed by atoms with van der Waals surface area (Å²) in [6, 6.07) is 0. The second-order valence-electron chi connectivity index (χ2n) is 4.09. The lowest BCUT2D eigenvalue weighted by Crippen LogP contribution is -2.31. The first-order valence-electron chi connectivity index (χ1n) is 6.34. The molecular weight excluding hydrogens is 220 g/mol. The van der Waals surface area contributed by atoms with E-state index in [-0.39, 0.29) is 12.5 Å². The van der Waals surface area contributed by atoms with Crippen LogP contribution < -0.4 is 5.32 Å². The average molecular weight is 246 g/mol. The molecule has 0 aliphatic rings. The molecule has 5 heteroatoms. The van der Waals surface area contributed by atoms with Crippen molar-refractivity contribution in [2.45, 2.75) is 26.2 Å². The highest BCUT2D eigenvalue weighted by atomic mass is 16.5. The van der Waals surface area contributed by atoms with Gasteiger partial charge < -0.3 is 20.1 Å². The number of aliphatic hydroxyl groups is 1. The molecule has 5 nitrogen and oxygen atoms in total. The highest BCUT2D eigenvalue weighted by Gasteiger charge is 2.03. The summed E-state index contributed by atoms with van der Waals surface area (Å²) in [5.41, 5.74) is 0. The fraction of sp³-hybridized carbons (Fsp3) is 0.917. The molecule has 0 aromatic rings. The predicted molar refractivity (Wildman–Crippen MR) is 67.9 cm³/mol. The average Bonchev–Trinajstić information content (AvgIpc) is 2.33. The second-order valence-corrected chi connectivity index (χ2v) is 4.09. The van der Waals surface area contributed by atoms with Crippen LogP contribution in [0.25, 0.3) is 0 Å². The Kier molecular flexibility index (Phi) is 11.4. The summed E-state index contributed by atoms with van der Waals surface area (Å²) in [6.07, 6.45) is 2.88. The van der Waals surface area contributed by atoms with Gasteiger partial charge in [0.05, 0.1) is 19.8 Å². The van der Waals surface area contributed by atoms with Crippen molar-refractivity contribution in [2.75, 3.05) is 46.5 Å². The normalized spacial score (nSPS) is 10.8. The van der Waals surface area contributed by atoms with Crippen molar-refractivity contribution in [1.82, 2.24) is 10.2 Å². The number of carbonyl (C=O) groups excluding carboxylic acids is 1. The Morgan fingerprint density at radius 1 is 1.35 bits per heavy atom. The van der Waals surface area contributed by atoms with E-state index in [9.17, 15) is 4.79 Å². The largest absolute Gasteiger partial charge is 0.394 e. The third-order valence-electron chi connectivity index (χ3n) is 2.42. The Morgan fingerprint density at radius 3 is 2.76 bits per heavy atom. The molecule has 0 aliphatic carbocycles. The molecule has 0 saturated carbocycles. The maximum atomic E-state index is 11.4. The maximum absolute atomic E-state index is 11.4. The molecular formula is C12H26N2O3. The first-order valence-corrected chi connectivity index (χ1v) is 6.34. The molecule has 17 heavy (non-hydrogen) atoms. The van der Waals surface area contributed by atoms with E-state index in [1.54, 1.807) is 0 Å². The first kappa shape index (κ1) is 16.4. The summed E-state index contributed by atoms with van der Waals surface area (Å²) in [4.78, 5) is 13.6. The molecule has 0 atom stereocenters. The molecule has 2 N–H and O–H groups in total. The summed E-state index contributed by atoms with van der Waals surface area (Å²) in [5.74, 6) is 0.0564. The quantitative estimate of drug-likeness (QED) is 0.512. The van der Waals surface area contributed by atoms with Crippen molar-refractivity contribution >= 4 is 5.91 Å². The minimum atomic E-state index is 0.0240. The second kappa shape index (κ2) is 11.8. The topological polar surface area (TPSA) is 61.8 Å². The van der Waals surface area contributed by atoms with Crippen LogP contribution in [0.2, 0.25) is 0 Å². The number of ether oxygens (including phenoxy) is 1. The number of nitrogens with one attached hydrogen (secondary N) is 1. The van der Waals surface area contributed by atoms with Crippen LogP contribution >= 0.6 is 0 Å². The molecule has 0 unspecified atom stereocenters. The van der Waals surface area contributed by atoms with Gasteiger partial charge in [0.2, 0.25) is 5.91 Å². The molecule has 0 spiro atoms. The third-order valence-corrected chi connectivity index (χ3v) is 2.42. The minimum Gasteiger partial charge on any atom is -0.394 e. The molecule has 0 bridgehead atoms. The minimum absolute atomic E-state index is 0.0240. The van der Waals surface area contributed by atoms with E-state index in [1.165, 1.54) is 12.8 Å². The smallest absolute Gasteiger partial charge is 0.221 e. The molecule has 0 aromatic heterocycles. The molecule has 0 rings (SSSR count). The van der Waals surface area contributed by atoms with Gasteiger partial charge in [-0.3, -0.25) is 4.79 Å². The lowest BCUT2D eigenvalue weighted by atomic mass is 10.3. The Morgan fingerprint density at radius 2 is 2.12 bits per heavy atom. The van der Waals surface area contributed by atoms with Crippen LogP contribution in [-0.2, 0) is 9.53 Å². The maximum Gasteiger partial charge on any atom is 0.221 e. The summed E-state index contributed by atoms with van der Waals surface area (Å²) in [7, 11) is 2.04. The number of amides is 1. The fourth-order valence-electron chi connectivity index (χ4n) is 1.35. The van der Waals surface area contributed by atoms with Crippen molar-refractivity contribution < 1.29 is 14.6 Å². The Bertz CT molecular complexity index is 189. The van der Waals surface area contributed by atoms with E-state index >= 15 is 0 Å². The summed E-state index contributed by atoms with van der Waals surface area (Å²) in [5, 5.41) is 11.3. The number of hydrogen-bond acceptors (Lipinski definition) is 4. The molecule has 0 aromatic carbocycles. The van der Waals surface area contributed by atoms with Crippen LogP contribution in [0.1, 0.15) is 26.2 Å². The molecule has 0 saturated heterocycles. The van der Waals surface area contributed by atoms with Crippen LogP contribution in [-0.4, -0.2) is 62.4 Å². The van der Waals surface area contributed by atoms with Crippen LogP contribution in [0.3, 0.4) is 0 Å². The lowest BCUT2D eigenvalue weighted by molar-refractivity contribution is -0.121. The zero-order valence-corrected chi connectivity index (χ0v) is 11.1. The van der Waals surface area contributed by atoms with Crippen LogP contribution in [0.4, 0.5) is 0 Å². The molecule has 102 valence electrons. The van der Waals surface area contributed by atoms with Gasteiger partial charge in [0.1, 0.15) is 0 Å². The summed E-state index contributed by atoms with van der Waals surface area (Å²) < 4.78 is 5.04. The highest BCUT2D eigenvalue weighted by Crippen LogP contribution is 1.93. The first-order chi connectivity index (χ1) is 8.20. The van der Waals surface area contributed by atoms with Crippen LogP contribution in [0, 0.1) is 0 Å². The predicted octanol–water partition coefficient (Wildman–Crippen LogP) is 0.234. The number of rotatable bonds is 11. The van der Waals surface area contributed by atoms with Gasteiger partial charge in [-0.2, -0.15) is 0 Å². The zero-order chi connectivity index (χ0) is 12.9. The zero-order valence-electron chi connectivity index (χ0n) is 11.1. The van der Waals surface area contributed by atoms with Gasteiger partial charge in [0, 0.05) is 19.5 Å². The molecule has 0 fully saturated rings. The van der Waals surface area contributed by atoms with Crippen molar-refractivity contribution in [1.29, 1.82) is 0 Å². The van der Waals surface area contributed by atoms with Gasteiger partial charge >= 0.3 is 0 Å². The van der Waals surface area contributed by atoms with Gasteiger partial charge in [-0.25, -0.2) is 0 Å². The number of nitrogens with zero attached hydrogens (tertiary/aromatic N) is 1. The van der Waals surface area contributed by atoms with Crippen molar-refractivity contribution in [3.63, 3.8) is 0 Å². The summed E-state index contributed by atoms with van der Waals surface area (Å²) >= 11 is 0. The van der Waals surface area contributed by atoms with Gasteiger partial charge in [0.25, 0.3) is 0 Å². The van der Waals surface area contributed by atoms with Crippen LogP contribution in [0.5, 0.6) is 0 Å². The van der Waals surface area contributed by atoms with Gasteiger partial charge in [-0.1, -0.05) is 13.3 Å². The van der Waals surface area contributed by atoms with Gasteiger partial charge in [-0.15, -0.1) is 0 Å². The SMILES string of the molecule is CCCCN(C)CCC(=O)NCCOCCO. The lowest BCUT2D eigenvalue weighted by Gasteiger charge is -2.15. The monoisotopic (exact) mass is 246 g/mol. The molecule has 0 radical (unpaired) electrons. The third kappa shape index (κ3) is 11.6. The standard InChI is InChI=1S/C12H26N2O3/c1-3-4-7-14(2)8-5-12(16)13-6-10-17-11-9-15/h15H,3-11H2,1-2H3,(H,13,16). The van der Waals surface area contributed by atoms with Crippen molar-refractivity contribution in [3.8, 4) is 0 Å². The van der Waals surface area contributed by atoms with E-state index in [0.717, 1.165) is 13.1 Å². The number of hydrogen-bond donors (Lipinski definition) is 2. The van der Waals surface area contributed by atoms with E-state index in [1.807, 2.05) is 7.05 Å². The Labute approximate surface area is 104 Å². The van der Waals surface area contributed by atoms with Crippen LogP contribution in [0.15, 0.2) is 0 Å². The van der Waals surface area contributed by atoms with Gasteiger partial charge in [0.15, 0.2) is 0 Å². The Hall–Kier alpha value is -0.650. The number of aliphatic hydroxyl groups excluding tert-OH is 1. The number of carbonyl (C=O) groups is 1. The summed E-state index contributed by atoms with van der Waals surface area (Å²) in [6.45, 7) is 5.32. The van der Waals surface area contributed by atoms with E-state index in [2.05, 4.69) is 17.1 Å². The molecule has 0 aliphatic heterocycles. The van der Waals surface area contributed by atoms with Gasteiger partial charge in [-0.05, 0) is 20.0 Å². The van der Waals surface area contributed by atoms with E-state index in [0.29, 0.717) is 26.2 Å². The van der Waals surface area contributed by atoms with E-state index in [4.69, 9.17) is 9.84 Å². The van der Waals surface area contributed by atoms with E-state index < -0.39 is 0 Å². The fourth-order valence-corrected chi connectivity index (χ4v) is 1.35. The number of unbranched alkanes of at least 4 members (excludes halogenated alkanes) is 1. The van der Waals surface area contributed by atoms with Crippen molar-refractivity contribution in [2.24, 2.45) is 0 Å². The Balaban J connectivity index is 3.33. The van der Waals surface area contributed by atoms with Crippen molar-refractivity contribution in [3.05, 3.63) is 0 Å². The highest BCUT2D eigenvalue weighted by molar-refractivity contribution is 5.75.